The molecule has 3 N–H and O–H groups in total. The van der Waals surface area contributed by atoms with Crippen molar-refractivity contribution in [2.24, 2.45) is 0 Å². The molecule has 0 aliphatic heterocycles. The Bertz CT molecular complexity index is 343. The second-order valence-corrected chi connectivity index (χ2v) is 5.44. The van der Waals surface area contributed by atoms with Crippen molar-refractivity contribution in [1.82, 2.24) is 4.98 Å². The van der Waals surface area contributed by atoms with E-state index in [0.29, 0.717) is 6.04 Å². The van der Waals surface area contributed by atoms with Crippen molar-refractivity contribution >= 4 is 23.3 Å². The summed E-state index contributed by atoms with van der Waals surface area (Å²) in [6, 6.07) is 4.29. The van der Waals surface area contributed by atoms with Gasteiger partial charge >= 0.3 is 0 Å². The molecular weight excluding hydrogens is 218 g/mol. The molecule has 3 nitrogen and oxygen atoms in total. The highest BCUT2D eigenvalue weighted by Gasteiger charge is 2.21. The van der Waals surface area contributed by atoms with Crippen LogP contribution in [-0.2, 0) is 0 Å². The molecule has 88 valence electrons. The molecule has 2 unspecified atom stereocenters. The Kier molecular flexibility index (Phi) is 3.93. The number of thioether (sulfide) groups is 1. The van der Waals surface area contributed by atoms with Crippen LogP contribution < -0.4 is 11.1 Å². The predicted molar refractivity (Wildman–Crippen MR) is 71.8 cm³/mol. The van der Waals surface area contributed by atoms with E-state index in [-0.39, 0.29) is 0 Å². The Hall–Kier alpha value is -0.900. The number of pyridine rings is 1. The average Bonchev–Trinajstić information content (AvgIpc) is 2.32. The van der Waals surface area contributed by atoms with E-state index in [9.17, 15) is 0 Å². The summed E-state index contributed by atoms with van der Waals surface area (Å²) >= 11 is 1.97. The number of nitrogens with one attached hydrogen (secondary N) is 1. The predicted octanol–water partition coefficient (Wildman–Crippen LogP) is 2.75. The van der Waals surface area contributed by atoms with Crippen LogP contribution in [0.15, 0.2) is 18.3 Å². The molecule has 0 spiro atoms. The summed E-state index contributed by atoms with van der Waals surface area (Å²) in [5, 5.41) is 4.25. The lowest BCUT2D eigenvalue weighted by atomic mass is 9.95. The zero-order valence-electron chi connectivity index (χ0n) is 9.65. The Labute approximate surface area is 101 Å². The van der Waals surface area contributed by atoms with E-state index >= 15 is 0 Å². The summed E-state index contributed by atoms with van der Waals surface area (Å²) < 4.78 is 0. The van der Waals surface area contributed by atoms with Gasteiger partial charge in [0, 0.05) is 17.5 Å². The van der Waals surface area contributed by atoms with Crippen molar-refractivity contribution in [3.8, 4) is 0 Å². The van der Waals surface area contributed by atoms with E-state index in [0.717, 1.165) is 16.8 Å². The normalized spacial score (nSPS) is 25.3. The molecule has 1 aromatic heterocycles. The van der Waals surface area contributed by atoms with Gasteiger partial charge < -0.3 is 11.1 Å². The van der Waals surface area contributed by atoms with Gasteiger partial charge in [-0.3, -0.25) is 0 Å². The molecule has 1 heterocycles. The maximum atomic E-state index is 5.87. The Morgan fingerprint density at radius 3 is 3.12 bits per heavy atom. The molecule has 2 rings (SSSR count). The van der Waals surface area contributed by atoms with E-state index in [2.05, 4.69) is 16.6 Å². The highest BCUT2D eigenvalue weighted by atomic mass is 32.2. The van der Waals surface area contributed by atoms with Gasteiger partial charge in [0.15, 0.2) is 0 Å². The van der Waals surface area contributed by atoms with Gasteiger partial charge in [-0.1, -0.05) is 6.42 Å². The molecular formula is C12H19N3S. The van der Waals surface area contributed by atoms with Gasteiger partial charge in [-0.25, -0.2) is 4.98 Å². The second kappa shape index (κ2) is 5.43. The number of aromatic nitrogens is 1. The molecule has 1 fully saturated rings. The van der Waals surface area contributed by atoms with Gasteiger partial charge in [0.25, 0.3) is 0 Å². The first-order valence-electron chi connectivity index (χ1n) is 5.79. The fraction of sp³-hybridized carbons (Fsp3) is 0.583. The quantitative estimate of drug-likeness (QED) is 0.848. The van der Waals surface area contributed by atoms with Gasteiger partial charge in [0.2, 0.25) is 0 Å². The van der Waals surface area contributed by atoms with Crippen molar-refractivity contribution in [2.45, 2.75) is 37.0 Å². The Morgan fingerprint density at radius 1 is 1.50 bits per heavy atom. The van der Waals surface area contributed by atoms with Crippen molar-refractivity contribution in [2.75, 3.05) is 17.3 Å². The van der Waals surface area contributed by atoms with E-state index < -0.39 is 0 Å². The molecule has 16 heavy (non-hydrogen) atoms. The number of hydrogen-bond acceptors (Lipinski definition) is 4. The van der Waals surface area contributed by atoms with E-state index in [1.54, 1.807) is 6.20 Å². The molecule has 0 radical (unpaired) electrons. The lowest BCUT2D eigenvalue weighted by Gasteiger charge is -2.29. The number of nitrogens with two attached hydrogens (primary N) is 1. The molecule has 4 heteroatoms. The van der Waals surface area contributed by atoms with Crippen LogP contribution in [0, 0.1) is 0 Å². The van der Waals surface area contributed by atoms with E-state index in [1.165, 1.54) is 25.7 Å². The molecule has 1 aliphatic rings. The smallest absolute Gasteiger partial charge is 0.149 e. The SMILES string of the molecule is CSC1CCCC(Nc2ncccc2N)C1. The molecule has 1 saturated carbocycles. The van der Waals surface area contributed by atoms with Gasteiger partial charge in [-0.05, 0) is 37.7 Å². The zero-order chi connectivity index (χ0) is 11.4. The van der Waals surface area contributed by atoms with Crippen LogP contribution >= 0.6 is 11.8 Å². The largest absolute Gasteiger partial charge is 0.396 e. The van der Waals surface area contributed by atoms with Crippen LogP contribution in [0.2, 0.25) is 0 Å². The minimum atomic E-state index is 0.531. The minimum absolute atomic E-state index is 0.531. The third kappa shape index (κ3) is 2.82. The second-order valence-electron chi connectivity index (χ2n) is 4.31. The molecule has 0 amide bonds. The van der Waals surface area contributed by atoms with Crippen LogP contribution in [0.5, 0.6) is 0 Å². The van der Waals surface area contributed by atoms with Crippen molar-refractivity contribution in [3.05, 3.63) is 18.3 Å². The fourth-order valence-corrected chi connectivity index (χ4v) is 3.05. The van der Waals surface area contributed by atoms with Crippen molar-refractivity contribution in [1.29, 1.82) is 0 Å². The average molecular weight is 237 g/mol. The Morgan fingerprint density at radius 2 is 2.38 bits per heavy atom. The maximum absolute atomic E-state index is 5.87. The minimum Gasteiger partial charge on any atom is -0.396 e. The van der Waals surface area contributed by atoms with Gasteiger partial charge in [-0.2, -0.15) is 11.8 Å². The summed E-state index contributed by atoms with van der Waals surface area (Å²) in [6.45, 7) is 0. The van der Waals surface area contributed by atoms with Crippen LogP contribution in [0.3, 0.4) is 0 Å². The summed E-state index contributed by atoms with van der Waals surface area (Å²) in [4.78, 5) is 4.28. The topological polar surface area (TPSA) is 50.9 Å². The third-order valence-corrected chi connectivity index (χ3v) is 4.23. The lowest BCUT2D eigenvalue weighted by Crippen LogP contribution is -2.29. The monoisotopic (exact) mass is 237 g/mol. The highest BCUT2D eigenvalue weighted by molar-refractivity contribution is 7.99. The molecule has 0 aromatic carbocycles. The van der Waals surface area contributed by atoms with Crippen LogP contribution in [-0.4, -0.2) is 22.5 Å². The first kappa shape index (κ1) is 11.6. The molecule has 1 aromatic rings. The highest BCUT2D eigenvalue weighted by Crippen LogP contribution is 2.29. The summed E-state index contributed by atoms with van der Waals surface area (Å²) in [7, 11) is 0. The maximum Gasteiger partial charge on any atom is 0.149 e. The van der Waals surface area contributed by atoms with Crippen LogP contribution in [0.4, 0.5) is 11.5 Å². The molecule has 1 aliphatic carbocycles. The number of hydrogen-bond donors (Lipinski definition) is 2. The molecule has 0 bridgehead atoms. The zero-order valence-corrected chi connectivity index (χ0v) is 10.5. The summed E-state index contributed by atoms with van der Waals surface area (Å²) in [5.41, 5.74) is 6.62. The van der Waals surface area contributed by atoms with Crippen LogP contribution in [0.25, 0.3) is 0 Å². The van der Waals surface area contributed by atoms with Gasteiger partial charge in [0.05, 0.1) is 5.69 Å². The fourth-order valence-electron chi connectivity index (χ4n) is 2.22. The molecule has 2 atom stereocenters. The van der Waals surface area contributed by atoms with Crippen molar-refractivity contribution in [3.63, 3.8) is 0 Å². The van der Waals surface area contributed by atoms with Crippen LogP contribution in [0.1, 0.15) is 25.7 Å². The summed E-state index contributed by atoms with van der Waals surface area (Å²) in [6.07, 6.45) is 9.08. The van der Waals surface area contributed by atoms with Gasteiger partial charge in [-0.15, -0.1) is 0 Å². The molecule has 0 saturated heterocycles. The number of nitrogen functional groups attached to an aromatic ring is 1. The number of nitrogens with zero attached hydrogens (tertiary/aromatic N) is 1. The van der Waals surface area contributed by atoms with Gasteiger partial charge in [0.1, 0.15) is 5.82 Å². The first-order valence-corrected chi connectivity index (χ1v) is 7.08. The van der Waals surface area contributed by atoms with E-state index in [1.807, 2.05) is 23.9 Å². The standard InChI is InChI=1S/C12H19N3S/c1-16-10-5-2-4-9(8-10)15-12-11(13)6-3-7-14-12/h3,6-7,9-10H,2,4-5,8,13H2,1H3,(H,14,15). The Balaban J connectivity index is 1.97. The van der Waals surface area contributed by atoms with Crippen molar-refractivity contribution < 1.29 is 0 Å². The third-order valence-electron chi connectivity index (χ3n) is 3.14. The van der Waals surface area contributed by atoms with E-state index in [4.69, 9.17) is 5.73 Å². The lowest BCUT2D eigenvalue weighted by molar-refractivity contribution is 0.473. The first-order chi connectivity index (χ1) is 7.79. The number of rotatable bonds is 3. The summed E-state index contributed by atoms with van der Waals surface area (Å²) in [5.74, 6) is 0.842. The number of anilines is 2.